The first-order chi connectivity index (χ1) is 16.4. The van der Waals surface area contributed by atoms with E-state index in [2.05, 4.69) is 10.6 Å². The number of methoxy groups -OCH3 is 1. The van der Waals surface area contributed by atoms with Crippen molar-refractivity contribution in [2.45, 2.75) is 13.0 Å². The van der Waals surface area contributed by atoms with Crippen molar-refractivity contribution in [1.82, 2.24) is 5.32 Å². The first kappa shape index (κ1) is 23.1. The van der Waals surface area contributed by atoms with Crippen molar-refractivity contribution in [2.24, 2.45) is 0 Å². The third kappa shape index (κ3) is 4.51. The van der Waals surface area contributed by atoms with Crippen LogP contribution >= 0.6 is 11.6 Å². The molecule has 172 valence electrons. The summed E-state index contributed by atoms with van der Waals surface area (Å²) in [6, 6.07) is 22.7. The van der Waals surface area contributed by atoms with Gasteiger partial charge in [0, 0.05) is 11.3 Å². The first-order valence-electron chi connectivity index (χ1n) is 10.5. The summed E-state index contributed by atoms with van der Waals surface area (Å²) in [5.74, 6) is -1.19. The van der Waals surface area contributed by atoms with Crippen LogP contribution in [0.2, 0.25) is 0 Å². The third-order valence-electron chi connectivity index (χ3n) is 5.39. The van der Waals surface area contributed by atoms with Gasteiger partial charge in [0.15, 0.2) is 0 Å². The molecule has 1 unspecified atom stereocenters. The van der Waals surface area contributed by atoms with Gasteiger partial charge in [-0.3, -0.25) is 14.4 Å². The highest BCUT2D eigenvalue weighted by molar-refractivity contribution is 6.53. The van der Waals surface area contributed by atoms with Crippen LogP contribution < -0.4 is 20.3 Å². The van der Waals surface area contributed by atoms with Crippen LogP contribution in [0.3, 0.4) is 0 Å². The fraction of sp³-hybridized carbons (Fsp3) is 0.115. The maximum Gasteiger partial charge on any atom is 0.283 e. The van der Waals surface area contributed by atoms with Crippen LogP contribution in [0.1, 0.15) is 28.9 Å². The minimum atomic E-state index is -0.663. The van der Waals surface area contributed by atoms with E-state index in [1.54, 1.807) is 48.5 Å². The van der Waals surface area contributed by atoms with Crippen molar-refractivity contribution in [3.05, 3.63) is 101 Å². The molecule has 0 radical (unpaired) electrons. The molecule has 3 aromatic carbocycles. The SMILES string of the molecule is COc1ccccc1N1C(=O)C(Cl)=C(Nc2cccc(C(=O)NC(C)c3ccccc3)c2)C1=O. The number of hydrogen-bond acceptors (Lipinski definition) is 5. The quantitative estimate of drug-likeness (QED) is 0.487. The molecule has 34 heavy (non-hydrogen) atoms. The number of carbonyl (C=O) groups excluding carboxylic acids is 3. The number of para-hydroxylation sites is 2. The molecule has 1 aliphatic rings. The fourth-order valence-corrected chi connectivity index (χ4v) is 3.84. The molecular weight excluding hydrogens is 454 g/mol. The number of imide groups is 1. The summed E-state index contributed by atoms with van der Waals surface area (Å²) in [4.78, 5) is 39.6. The third-order valence-corrected chi connectivity index (χ3v) is 5.75. The molecule has 3 aromatic rings. The molecule has 0 spiro atoms. The van der Waals surface area contributed by atoms with Crippen molar-refractivity contribution < 1.29 is 19.1 Å². The van der Waals surface area contributed by atoms with E-state index in [9.17, 15) is 14.4 Å². The number of carbonyl (C=O) groups is 3. The lowest BCUT2D eigenvalue weighted by atomic mass is 10.1. The van der Waals surface area contributed by atoms with E-state index in [1.807, 2.05) is 37.3 Å². The molecule has 3 amide bonds. The van der Waals surface area contributed by atoms with Crippen molar-refractivity contribution in [2.75, 3.05) is 17.3 Å². The van der Waals surface area contributed by atoms with Gasteiger partial charge in [0.25, 0.3) is 17.7 Å². The molecule has 8 heteroatoms. The predicted octanol–water partition coefficient (Wildman–Crippen LogP) is 4.62. The second-order valence-electron chi connectivity index (χ2n) is 7.62. The normalized spacial score (nSPS) is 14.3. The highest BCUT2D eigenvalue weighted by atomic mass is 35.5. The van der Waals surface area contributed by atoms with Crippen LogP contribution in [0.4, 0.5) is 11.4 Å². The lowest BCUT2D eigenvalue weighted by molar-refractivity contribution is -0.120. The van der Waals surface area contributed by atoms with E-state index < -0.39 is 11.8 Å². The largest absolute Gasteiger partial charge is 0.495 e. The monoisotopic (exact) mass is 475 g/mol. The first-order valence-corrected chi connectivity index (χ1v) is 10.9. The standard InChI is InChI=1S/C26H22ClN3O4/c1-16(17-9-4-3-5-10-17)28-24(31)18-11-8-12-19(15-18)29-23-22(27)25(32)30(26(23)33)20-13-6-7-14-21(20)34-2/h3-16,29H,1-2H3,(H,28,31). The minimum Gasteiger partial charge on any atom is -0.495 e. The molecule has 1 atom stereocenters. The van der Waals surface area contributed by atoms with Gasteiger partial charge < -0.3 is 15.4 Å². The van der Waals surface area contributed by atoms with Gasteiger partial charge in [-0.25, -0.2) is 4.90 Å². The molecule has 1 heterocycles. The number of halogens is 1. The lowest BCUT2D eigenvalue weighted by Gasteiger charge is -2.18. The van der Waals surface area contributed by atoms with Gasteiger partial charge in [0.1, 0.15) is 16.5 Å². The Balaban J connectivity index is 1.53. The van der Waals surface area contributed by atoms with Crippen molar-refractivity contribution in [3.8, 4) is 5.75 Å². The molecule has 0 aliphatic carbocycles. The molecular formula is C26H22ClN3O4. The van der Waals surface area contributed by atoms with Gasteiger partial charge in [-0.05, 0) is 42.8 Å². The van der Waals surface area contributed by atoms with Crippen molar-refractivity contribution >= 4 is 40.7 Å². The average molecular weight is 476 g/mol. The van der Waals surface area contributed by atoms with Crippen molar-refractivity contribution in [3.63, 3.8) is 0 Å². The molecule has 0 saturated heterocycles. The zero-order chi connectivity index (χ0) is 24.2. The molecule has 0 saturated carbocycles. The second kappa shape index (κ2) is 9.80. The van der Waals surface area contributed by atoms with E-state index in [4.69, 9.17) is 16.3 Å². The summed E-state index contributed by atoms with van der Waals surface area (Å²) in [5, 5.41) is 5.61. The van der Waals surface area contributed by atoms with E-state index in [0.29, 0.717) is 17.0 Å². The molecule has 4 rings (SSSR count). The molecule has 0 aromatic heterocycles. The topological polar surface area (TPSA) is 87.7 Å². The van der Waals surface area contributed by atoms with Crippen LogP contribution in [0, 0.1) is 0 Å². The maximum absolute atomic E-state index is 13.1. The fourth-order valence-electron chi connectivity index (χ4n) is 3.63. The molecule has 1 aliphatic heterocycles. The maximum atomic E-state index is 13.1. The molecule has 0 bridgehead atoms. The van der Waals surface area contributed by atoms with Crippen LogP contribution in [0.5, 0.6) is 5.75 Å². The highest BCUT2D eigenvalue weighted by Crippen LogP contribution is 2.35. The smallest absolute Gasteiger partial charge is 0.283 e. The zero-order valence-corrected chi connectivity index (χ0v) is 19.3. The van der Waals surface area contributed by atoms with Gasteiger partial charge in [-0.1, -0.05) is 60.1 Å². The van der Waals surface area contributed by atoms with E-state index in [-0.39, 0.29) is 28.4 Å². The second-order valence-corrected chi connectivity index (χ2v) is 8.00. The summed E-state index contributed by atoms with van der Waals surface area (Å²) in [6.07, 6.45) is 0. The highest BCUT2D eigenvalue weighted by Gasteiger charge is 2.40. The number of anilines is 2. The molecule has 0 fully saturated rings. The lowest BCUT2D eigenvalue weighted by Crippen LogP contribution is -2.32. The van der Waals surface area contributed by atoms with Crippen molar-refractivity contribution in [1.29, 1.82) is 0 Å². The van der Waals surface area contributed by atoms with Gasteiger partial charge >= 0.3 is 0 Å². The minimum absolute atomic E-state index is 0.0761. The Kier molecular flexibility index (Phi) is 6.65. The van der Waals surface area contributed by atoms with Gasteiger partial charge in [0.05, 0.1) is 18.8 Å². The average Bonchev–Trinajstić information content (AvgIpc) is 3.07. The van der Waals surface area contributed by atoms with Crippen LogP contribution in [0.15, 0.2) is 89.6 Å². The number of nitrogens with zero attached hydrogens (tertiary/aromatic N) is 1. The number of hydrogen-bond donors (Lipinski definition) is 2. The predicted molar refractivity (Wildman–Crippen MR) is 131 cm³/mol. The number of benzene rings is 3. The zero-order valence-electron chi connectivity index (χ0n) is 18.5. The number of amides is 3. The Morgan fingerprint density at radius 1 is 0.941 bits per heavy atom. The van der Waals surface area contributed by atoms with Crippen LogP contribution in [0.25, 0.3) is 0 Å². The van der Waals surface area contributed by atoms with Crippen LogP contribution in [-0.4, -0.2) is 24.8 Å². The Hall–Kier alpha value is -4.10. The van der Waals surface area contributed by atoms with E-state index in [1.165, 1.54) is 7.11 Å². The Bertz CT molecular complexity index is 1290. The van der Waals surface area contributed by atoms with E-state index in [0.717, 1.165) is 10.5 Å². The summed E-state index contributed by atoms with van der Waals surface area (Å²) in [7, 11) is 1.45. The number of rotatable bonds is 7. The Morgan fingerprint density at radius 3 is 2.38 bits per heavy atom. The summed E-state index contributed by atoms with van der Waals surface area (Å²) in [6.45, 7) is 1.90. The van der Waals surface area contributed by atoms with Crippen LogP contribution in [-0.2, 0) is 9.59 Å². The number of ether oxygens (including phenoxy) is 1. The Morgan fingerprint density at radius 2 is 1.65 bits per heavy atom. The summed E-state index contributed by atoms with van der Waals surface area (Å²) >= 11 is 6.24. The van der Waals surface area contributed by atoms with Gasteiger partial charge in [-0.15, -0.1) is 0 Å². The van der Waals surface area contributed by atoms with Gasteiger partial charge in [0.2, 0.25) is 0 Å². The summed E-state index contributed by atoms with van der Waals surface area (Å²) in [5.41, 5.74) is 2.03. The molecule has 2 N–H and O–H groups in total. The summed E-state index contributed by atoms with van der Waals surface area (Å²) < 4.78 is 5.28. The van der Waals surface area contributed by atoms with E-state index >= 15 is 0 Å². The number of nitrogens with one attached hydrogen (secondary N) is 2. The molecule has 7 nitrogen and oxygen atoms in total. The Labute approximate surface area is 202 Å². The van der Waals surface area contributed by atoms with Gasteiger partial charge in [-0.2, -0.15) is 0 Å².